The highest BCUT2D eigenvalue weighted by Crippen LogP contribution is 2.08. The van der Waals surface area contributed by atoms with Crippen molar-refractivity contribution in [2.45, 2.75) is 25.3 Å². The number of aromatic nitrogens is 1. The predicted octanol–water partition coefficient (Wildman–Crippen LogP) is 1.68. The summed E-state index contributed by atoms with van der Waals surface area (Å²) in [7, 11) is 0. The van der Waals surface area contributed by atoms with E-state index in [1.807, 2.05) is 30.5 Å². The maximum Gasteiger partial charge on any atom is 0.0935 e. The van der Waals surface area contributed by atoms with Crippen LogP contribution < -0.4 is 11.3 Å². The number of hydrazine groups is 1. The first-order chi connectivity index (χ1) is 8.38. The number of hydrogen-bond donors (Lipinski definition) is 2. The minimum atomic E-state index is 0.245. The highest BCUT2D eigenvalue weighted by molar-refractivity contribution is 5.08. The van der Waals surface area contributed by atoms with Crippen molar-refractivity contribution in [3.63, 3.8) is 0 Å². The Balaban J connectivity index is 1.84. The van der Waals surface area contributed by atoms with Gasteiger partial charge in [0.25, 0.3) is 0 Å². The minimum Gasteiger partial charge on any atom is -0.472 e. The van der Waals surface area contributed by atoms with Crippen LogP contribution in [0.15, 0.2) is 47.4 Å². The van der Waals surface area contributed by atoms with Crippen LogP contribution >= 0.6 is 0 Å². The molecule has 1 atom stereocenters. The Morgan fingerprint density at radius 2 is 2.29 bits per heavy atom. The molecular formula is C13H17N3O. The van der Waals surface area contributed by atoms with Crippen molar-refractivity contribution in [1.29, 1.82) is 0 Å². The molecule has 0 aliphatic heterocycles. The van der Waals surface area contributed by atoms with E-state index in [1.165, 1.54) is 0 Å². The van der Waals surface area contributed by atoms with E-state index in [9.17, 15) is 0 Å². The molecule has 0 saturated carbocycles. The average Bonchev–Trinajstić information content (AvgIpc) is 2.88. The monoisotopic (exact) mass is 231 g/mol. The zero-order valence-corrected chi connectivity index (χ0v) is 9.67. The van der Waals surface area contributed by atoms with Crippen LogP contribution in [0.2, 0.25) is 0 Å². The van der Waals surface area contributed by atoms with Crippen LogP contribution in [0.25, 0.3) is 0 Å². The van der Waals surface area contributed by atoms with Crippen molar-refractivity contribution in [3.8, 4) is 0 Å². The number of aryl methyl sites for hydroxylation is 1. The van der Waals surface area contributed by atoms with E-state index < -0.39 is 0 Å². The summed E-state index contributed by atoms with van der Waals surface area (Å²) < 4.78 is 5.04. The van der Waals surface area contributed by atoms with Gasteiger partial charge in [-0.2, -0.15) is 0 Å². The first kappa shape index (κ1) is 11.8. The Bertz CT molecular complexity index is 413. The molecule has 0 bridgehead atoms. The van der Waals surface area contributed by atoms with E-state index >= 15 is 0 Å². The lowest BCUT2D eigenvalue weighted by Crippen LogP contribution is -2.37. The Morgan fingerprint density at radius 1 is 1.35 bits per heavy atom. The van der Waals surface area contributed by atoms with Gasteiger partial charge in [0.15, 0.2) is 0 Å². The fourth-order valence-corrected chi connectivity index (χ4v) is 1.81. The van der Waals surface area contributed by atoms with Crippen molar-refractivity contribution in [1.82, 2.24) is 10.4 Å². The van der Waals surface area contributed by atoms with Crippen LogP contribution in [-0.4, -0.2) is 11.0 Å². The van der Waals surface area contributed by atoms with Gasteiger partial charge < -0.3 is 4.42 Å². The second kappa shape index (κ2) is 6.18. The average molecular weight is 231 g/mol. The summed E-state index contributed by atoms with van der Waals surface area (Å²) >= 11 is 0. The summed E-state index contributed by atoms with van der Waals surface area (Å²) in [5.74, 6) is 5.55. The predicted molar refractivity (Wildman–Crippen MR) is 66.1 cm³/mol. The normalized spacial score (nSPS) is 12.5. The van der Waals surface area contributed by atoms with Crippen LogP contribution in [0, 0.1) is 0 Å². The minimum absolute atomic E-state index is 0.245. The second-order valence-corrected chi connectivity index (χ2v) is 4.06. The molecule has 90 valence electrons. The molecule has 3 N–H and O–H groups in total. The van der Waals surface area contributed by atoms with Gasteiger partial charge in [0.2, 0.25) is 0 Å². The van der Waals surface area contributed by atoms with Gasteiger partial charge in [0.1, 0.15) is 0 Å². The van der Waals surface area contributed by atoms with Crippen LogP contribution in [0.4, 0.5) is 0 Å². The molecule has 0 spiro atoms. The van der Waals surface area contributed by atoms with Crippen molar-refractivity contribution in [2.75, 3.05) is 0 Å². The number of rotatable bonds is 6. The SMILES string of the molecule is NNC(CCc1ccccn1)Cc1ccoc1. The van der Waals surface area contributed by atoms with E-state index in [0.29, 0.717) is 0 Å². The van der Waals surface area contributed by atoms with Gasteiger partial charge in [-0.15, -0.1) is 0 Å². The molecule has 17 heavy (non-hydrogen) atoms. The van der Waals surface area contributed by atoms with Gasteiger partial charge in [-0.3, -0.25) is 16.3 Å². The fraction of sp³-hybridized carbons (Fsp3) is 0.308. The molecule has 0 fully saturated rings. The molecule has 2 heterocycles. The van der Waals surface area contributed by atoms with Gasteiger partial charge in [-0.25, -0.2) is 0 Å². The Morgan fingerprint density at radius 3 is 2.94 bits per heavy atom. The Hall–Kier alpha value is -1.65. The van der Waals surface area contributed by atoms with Gasteiger partial charge in [-0.05, 0) is 43.0 Å². The van der Waals surface area contributed by atoms with E-state index in [-0.39, 0.29) is 6.04 Å². The number of furan rings is 1. The molecule has 4 heteroatoms. The summed E-state index contributed by atoms with van der Waals surface area (Å²) in [5.41, 5.74) is 5.10. The Labute approximate surface area is 101 Å². The zero-order valence-electron chi connectivity index (χ0n) is 9.67. The molecule has 2 rings (SSSR count). The summed E-state index contributed by atoms with van der Waals surface area (Å²) in [5, 5.41) is 0. The van der Waals surface area contributed by atoms with E-state index in [2.05, 4.69) is 10.4 Å². The third-order valence-corrected chi connectivity index (χ3v) is 2.77. The van der Waals surface area contributed by atoms with E-state index in [4.69, 9.17) is 10.3 Å². The molecule has 0 saturated heterocycles. The summed E-state index contributed by atoms with van der Waals surface area (Å²) in [4.78, 5) is 4.29. The molecule has 0 aliphatic carbocycles. The smallest absolute Gasteiger partial charge is 0.0935 e. The topological polar surface area (TPSA) is 64.1 Å². The maximum absolute atomic E-state index is 5.55. The molecule has 1 unspecified atom stereocenters. The van der Waals surface area contributed by atoms with Gasteiger partial charge in [0, 0.05) is 17.9 Å². The zero-order chi connectivity index (χ0) is 11.9. The van der Waals surface area contributed by atoms with Crippen molar-refractivity contribution in [2.24, 2.45) is 5.84 Å². The van der Waals surface area contributed by atoms with Crippen molar-refractivity contribution >= 4 is 0 Å². The number of nitrogens with one attached hydrogen (secondary N) is 1. The number of nitrogens with zero attached hydrogens (tertiary/aromatic N) is 1. The van der Waals surface area contributed by atoms with Gasteiger partial charge in [-0.1, -0.05) is 6.07 Å². The molecule has 0 aliphatic rings. The van der Waals surface area contributed by atoms with Gasteiger partial charge >= 0.3 is 0 Å². The molecule has 4 nitrogen and oxygen atoms in total. The summed E-state index contributed by atoms with van der Waals surface area (Å²) in [6, 6.07) is 8.17. The van der Waals surface area contributed by atoms with E-state index in [1.54, 1.807) is 12.5 Å². The lowest BCUT2D eigenvalue weighted by Gasteiger charge is -2.14. The first-order valence-corrected chi connectivity index (χ1v) is 5.75. The van der Waals surface area contributed by atoms with Crippen LogP contribution in [-0.2, 0) is 12.8 Å². The number of pyridine rings is 1. The van der Waals surface area contributed by atoms with Crippen LogP contribution in [0.5, 0.6) is 0 Å². The second-order valence-electron chi connectivity index (χ2n) is 4.06. The molecule has 2 aromatic heterocycles. The molecule has 0 radical (unpaired) electrons. The third kappa shape index (κ3) is 3.69. The lowest BCUT2D eigenvalue weighted by molar-refractivity contribution is 0.485. The maximum atomic E-state index is 5.55. The highest BCUT2D eigenvalue weighted by atomic mass is 16.3. The third-order valence-electron chi connectivity index (χ3n) is 2.77. The molecule has 0 amide bonds. The largest absolute Gasteiger partial charge is 0.472 e. The molecule has 2 aromatic rings. The Kier molecular flexibility index (Phi) is 4.30. The molecular weight excluding hydrogens is 214 g/mol. The quantitative estimate of drug-likeness (QED) is 0.586. The van der Waals surface area contributed by atoms with Crippen molar-refractivity contribution in [3.05, 3.63) is 54.2 Å². The standard InChI is InChI=1S/C13H17N3O/c14-16-13(9-11-6-8-17-10-11)5-4-12-3-1-2-7-15-12/h1-3,6-8,10,13,16H,4-5,9,14H2. The number of nitrogens with two attached hydrogens (primary N) is 1. The van der Waals surface area contributed by atoms with Crippen LogP contribution in [0.3, 0.4) is 0 Å². The molecule has 0 aromatic carbocycles. The number of hydrogen-bond acceptors (Lipinski definition) is 4. The first-order valence-electron chi connectivity index (χ1n) is 5.75. The van der Waals surface area contributed by atoms with Crippen molar-refractivity contribution < 1.29 is 4.42 Å². The van der Waals surface area contributed by atoms with Gasteiger partial charge in [0.05, 0.1) is 12.5 Å². The fourth-order valence-electron chi connectivity index (χ4n) is 1.81. The highest BCUT2D eigenvalue weighted by Gasteiger charge is 2.09. The van der Waals surface area contributed by atoms with Crippen LogP contribution in [0.1, 0.15) is 17.7 Å². The van der Waals surface area contributed by atoms with E-state index in [0.717, 1.165) is 30.5 Å². The summed E-state index contributed by atoms with van der Waals surface area (Å²) in [6.07, 6.45) is 8.01. The summed E-state index contributed by atoms with van der Waals surface area (Å²) in [6.45, 7) is 0. The lowest BCUT2D eigenvalue weighted by atomic mass is 10.0.